The van der Waals surface area contributed by atoms with Crippen molar-refractivity contribution in [2.45, 2.75) is 0 Å². The van der Waals surface area contributed by atoms with Crippen LogP contribution in [0.1, 0.15) is 0 Å². The molecule has 29 heavy (non-hydrogen) atoms. The van der Waals surface area contributed by atoms with Gasteiger partial charge in [-0.05, 0) is 63.1 Å². The zero-order valence-corrected chi connectivity index (χ0v) is 16.0. The first kappa shape index (κ1) is 18.8. The molecule has 5 rings (SSSR count). The molecular weight excluding hydrogens is 387 g/mol. The Bertz CT molecular complexity index is 1260. The lowest BCUT2D eigenvalue weighted by molar-refractivity contribution is -0.734. The Morgan fingerprint density at radius 3 is 2.21 bits per heavy atom. The minimum atomic E-state index is -0.288. The fraction of sp³-hybridized carbons (Fsp3) is 0. The number of tetrazole rings is 1. The highest BCUT2D eigenvalue weighted by Gasteiger charge is 2.24. The molecule has 0 bridgehead atoms. The predicted molar refractivity (Wildman–Crippen MR) is 106 cm³/mol. The number of para-hydroxylation sites is 1. The molecular formula is C23H16ClFN4. The molecule has 1 aromatic heterocycles. The molecule has 142 valence electrons. The van der Waals surface area contributed by atoms with Crippen LogP contribution >= 0.6 is 0 Å². The average Bonchev–Trinajstić information content (AvgIpc) is 3.20. The van der Waals surface area contributed by atoms with Crippen LogP contribution < -0.4 is 17.2 Å². The van der Waals surface area contributed by atoms with E-state index in [1.165, 1.54) is 12.1 Å². The number of hydrogen-bond donors (Lipinski definition) is 0. The molecule has 4 aromatic carbocycles. The zero-order chi connectivity index (χ0) is 18.9. The van der Waals surface area contributed by atoms with Crippen LogP contribution in [-0.4, -0.2) is 15.0 Å². The molecule has 0 saturated carbocycles. The Hall–Kier alpha value is -3.57. The summed E-state index contributed by atoms with van der Waals surface area (Å²) in [5.41, 5.74) is 2.54. The van der Waals surface area contributed by atoms with Crippen LogP contribution in [0.15, 0.2) is 97.1 Å². The topological polar surface area (TPSA) is 34.6 Å². The van der Waals surface area contributed by atoms with Crippen LogP contribution in [0.25, 0.3) is 33.5 Å². The van der Waals surface area contributed by atoms with Crippen molar-refractivity contribution in [3.63, 3.8) is 0 Å². The SMILES string of the molecule is Fc1ccc(-[n+]2nc(-c3cccc4ccccc34)nn2-c2ccccc2)cc1.[Cl-]. The monoisotopic (exact) mass is 402 g/mol. The first-order valence-electron chi connectivity index (χ1n) is 8.99. The van der Waals surface area contributed by atoms with E-state index in [1.54, 1.807) is 21.7 Å². The Morgan fingerprint density at radius 1 is 0.724 bits per heavy atom. The van der Waals surface area contributed by atoms with Crippen molar-refractivity contribution in [3.05, 3.63) is 103 Å². The number of halogens is 2. The molecule has 0 saturated heterocycles. The summed E-state index contributed by atoms with van der Waals surface area (Å²) in [4.78, 5) is 3.41. The zero-order valence-electron chi connectivity index (χ0n) is 15.3. The standard InChI is InChI=1S/C23H16FN4.ClH/c24-18-13-15-20(16-14-18)28-26-23(25-27(28)19-9-2-1-3-10-19)22-12-6-8-17-7-4-5-11-21(17)22;/h1-16H;1H/q+1;/p-1. The number of aromatic nitrogens is 4. The number of fused-ring (bicyclic) bond motifs is 1. The van der Waals surface area contributed by atoms with Crippen LogP contribution in [0.5, 0.6) is 0 Å². The normalized spacial score (nSPS) is 10.7. The third kappa shape index (κ3) is 3.48. The van der Waals surface area contributed by atoms with Crippen molar-refractivity contribution in [3.8, 4) is 22.8 Å². The van der Waals surface area contributed by atoms with Gasteiger partial charge in [-0.3, -0.25) is 0 Å². The van der Waals surface area contributed by atoms with E-state index >= 15 is 0 Å². The smallest absolute Gasteiger partial charge is 0.340 e. The Morgan fingerprint density at radius 2 is 1.41 bits per heavy atom. The van der Waals surface area contributed by atoms with Gasteiger partial charge >= 0.3 is 5.82 Å². The van der Waals surface area contributed by atoms with E-state index in [1.807, 2.05) is 54.6 Å². The molecule has 0 atom stereocenters. The molecule has 0 unspecified atom stereocenters. The molecule has 0 aliphatic rings. The maximum Gasteiger partial charge on any atom is 0.340 e. The lowest BCUT2D eigenvalue weighted by Gasteiger charge is -1.99. The van der Waals surface area contributed by atoms with Crippen LogP contribution in [0, 0.1) is 5.82 Å². The molecule has 0 amide bonds. The summed E-state index contributed by atoms with van der Waals surface area (Å²) in [5, 5.41) is 11.7. The van der Waals surface area contributed by atoms with E-state index in [-0.39, 0.29) is 18.2 Å². The molecule has 0 aliphatic carbocycles. The molecule has 6 heteroatoms. The fourth-order valence-electron chi connectivity index (χ4n) is 3.28. The summed E-state index contributed by atoms with van der Waals surface area (Å²) in [6.07, 6.45) is 0. The largest absolute Gasteiger partial charge is 1.00 e. The molecule has 0 aliphatic heterocycles. The fourth-order valence-corrected chi connectivity index (χ4v) is 3.28. The van der Waals surface area contributed by atoms with Crippen molar-refractivity contribution in [1.82, 2.24) is 15.0 Å². The Balaban J connectivity index is 0.00000205. The molecule has 4 nitrogen and oxygen atoms in total. The molecule has 1 heterocycles. The van der Waals surface area contributed by atoms with Gasteiger partial charge in [0.2, 0.25) is 0 Å². The van der Waals surface area contributed by atoms with Crippen molar-refractivity contribution < 1.29 is 21.6 Å². The lowest BCUT2D eigenvalue weighted by Crippen LogP contribution is -3.00. The Labute approximate surface area is 173 Å². The number of hydrogen-bond acceptors (Lipinski definition) is 2. The third-order valence-corrected chi connectivity index (χ3v) is 4.63. The molecule has 0 radical (unpaired) electrons. The van der Waals surface area contributed by atoms with E-state index in [0.717, 1.165) is 27.7 Å². The van der Waals surface area contributed by atoms with Crippen molar-refractivity contribution in [2.75, 3.05) is 0 Å². The van der Waals surface area contributed by atoms with E-state index in [4.69, 9.17) is 10.2 Å². The van der Waals surface area contributed by atoms with Crippen LogP contribution in [0.2, 0.25) is 0 Å². The highest BCUT2D eigenvalue weighted by Crippen LogP contribution is 2.25. The average molecular weight is 403 g/mol. The molecule has 0 fully saturated rings. The highest BCUT2D eigenvalue weighted by atomic mass is 35.5. The Kier molecular flexibility index (Phi) is 5.06. The summed E-state index contributed by atoms with van der Waals surface area (Å²) < 4.78 is 13.4. The van der Waals surface area contributed by atoms with E-state index in [9.17, 15) is 4.39 Å². The van der Waals surface area contributed by atoms with Gasteiger partial charge in [0.1, 0.15) is 11.5 Å². The van der Waals surface area contributed by atoms with Gasteiger partial charge in [0.15, 0.2) is 5.69 Å². The van der Waals surface area contributed by atoms with Crippen LogP contribution in [0.4, 0.5) is 4.39 Å². The van der Waals surface area contributed by atoms with Gasteiger partial charge in [-0.2, -0.15) is 0 Å². The van der Waals surface area contributed by atoms with E-state index < -0.39 is 0 Å². The van der Waals surface area contributed by atoms with Gasteiger partial charge in [-0.25, -0.2) is 4.39 Å². The lowest BCUT2D eigenvalue weighted by atomic mass is 10.0. The second kappa shape index (κ2) is 7.81. The summed E-state index contributed by atoms with van der Waals surface area (Å²) in [6, 6.07) is 30.2. The van der Waals surface area contributed by atoms with Crippen molar-refractivity contribution in [2.24, 2.45) is 0 Å². The van der Waals surface area contributed by atoms with Crippen molar-refractivity contribution in [1.29, 1.82) is 0 Å². The van der Waals surface area contributed by atoms with Gasteiger partial charge in [0.25, 0.3) is 0 Å². The third-order valence-electron chi connectivity index (χ3n) is 4.63. The number of benzene rings is 4. The first-order chi connectivity index (χ1) is 13.8. The summed E-state index contributed by atoms with van der Waals surface area (Å²) >= 11 is 0. The van der Waals surface area contributed by atoms with Gasteiger partial charge < -0.3 is 12.4 Å². The minimum absolute atomic E-state index is 0. The second-order valence-electron chi connectivity index (χ2n) is 6.44. The molecule has 0 N–H and O–H groups in total. The summed E-state index contributed by atoms with van der Waals surface area (Å²) in [7, 11) is 0. The highest BCUT2D eigenvalue weighted by molar-refractivity contribution is 5.94. The minimum Gasteiger partial charge on any atom is -1.00 e. The predicted octanol–water partition coefficient (Wildman–Crippen LogP) is 1.51. The van der Waals surface area contributed by atoms with Gasteiger partial charge in [0.05, 0.1) is 10.7 Å². The first-order valence-corrected chi connectivity index (χ1v) is 8.99. The van der Waals surface area contributed by atoms with Gasteiger partial charge in [0, 0.05) is 4.80 Å². The number of rotatable bonds is 3. The van der Waals surface area contributed by atoms with E-state index in [2.05, 4.69) is 18.2 Å². The maximum absolute atomic E-state index is 13.4. The van der Waals surface area contributed by atoms with Crippen molar-refractivity contribution >= 4 is 10.8 Å². The second-order valence-corrected chi connectivity index (χ2v) is 6.44. The van der Waals surface area contributed by atoms with Gasteiger partial charge in [-0.15, -0.1) is 0 Å². The number of nitrogens with zero attached hydrogens (tertiary/aromatic N) is 4. The van der Waals surface area contributed by atoms with E-state index in [0.29, 0.717) is 5.82 Å². The van der Waals surface area contributed by atoms with Crippen LogP contribution in [-0.2, 0) is 0 Å². The molecule has 5 aromatic rings. The quantitative estimate of drug-likeness (QED) is 0.429. The maximum atomic E-state index is 13.4. The van der Waals surface area contributed by atoms with Gasteiger partial charge in [-0.1, -0.05) is 54.6 Å². The molecule has 0 spiro atoms. The summed E-state index contributed by atoms with van der Waals surface area (Å²) in [5.74, 6) is 0.314. The van der Waals surface area contributed by atoms with Crippen LogP contribution in [0.3, 0.4) is 0 Å². The summed E-state index contributed by atoms with van der Waals surface area (Å²) in [6.45, 7) is 0.